The van der Waals surface area contributed by atoms with Crippen LogP contribution in [0.2, 0.25) is 5.02 Å². The molecular formula is C15H16ClNO2S. The molecule has 3 nitrogen and oxygen atoms in total. The summed E-state index contributed by atoms with van der Waals surface area (Å²) >= 11 is 7.43. The molecule has 0 bridgehead atoms. The SMILES string of the molecule is CCCc1nc(COc2ccccc2Cl)sc1C(C)=O. The van der Waals surface area contributed by atoms with Crippen molar-refractivity contribution in [1.82, 2.24) is 4.98 Å². The molecule has 0 fully saturated rings. The summed E-state index contributed by atoms with van der Waals surface area (Å²) in [5.41, 5.74) is 0.878. The van der Waals surface area contributed by atoms with Gasteiger partial charge in [-0.05, 0) is 18.6 Å². The van der Waals surface area contributed by atoms with Crippen LogP contribution in [0.15, 0.2) is 24.3 Å². The Labute approximate surface area is 127 Å². The minimum absolute atomic E-state index is 0.0648. The van der Waals surface area contributed by atoms with Crippen molar-refractivity contribution in [3.63, 3.8) is 0 Å². The van der Waals surface area contributed by atoms with E-state index >= 15 is 0 Å². The molecule has 0 amide bonds. The smallest absolute Gasteiger partial charge is 0.171 e. The van der Waals surface area contributed by atoms with E-state index in [-0.39, 0.29) is 5.78 Å². The Kier molecular flexibility index (Phi) is 5.15. The molecule has 0 saturated carbocycles. The highest BCUT2D eigenvalue weighted by Gasteiger charge is 2.14. The number of thiazole rings is 1. The molecule has 106 valence electrons. The highest BCUT2D eigenvalue weighted by atomic mass is 35.5. The molecule has 0 radical (unpaired) electrons. The number of benzene rings is 1. The lowest BCUT2D eigenvalue weighted by Crippen LogP contribution is -1.97. The average Bonchev–Trinajstić information content (AvgIpc) is 2.82. The van der Waals surface area contributed by atoms with Gasteiger partial charge in [-0.3, -0.25) is 4.79 Å². The third-order valence-corrected chi connectivity index (χ3v) is 4.22. The van der Waals surface area contributed by atoms with Crippen LogP contribution >= 0.6 is 22.9 Å². The number of hydrogen-bond donors (Lipinski definition) is 0. The zero-order valence-corrected chi connectivity index (χ0v) is 13.1. The van der Waals surface area contributed by atoms with Crippen molar-refractivity contribution >= 4 is 28.7 Å². The number of carbonyl (C=O) groups is 1. The van der Waals surface area contributed by atoms with Crippen LogP contribution in [-0.4, -0.2) is 10.8 Å². The van der Waals surface area contributed by atoms with E-state index in [1.54, 1.807) is 13.0 Å². The number of ether oxygens (including phenoxy) is 1. The largest absolute Gasteiger partial charge is 0.485 e. The Morgan fingerprint density at radius 1 is 1.40 bits per heavy atom. The van der Waals surface area contributed by atoms with E-state index in [0.29, 0.717) is 17.4 Å². The summed E-state index contributed by atoms with van der Waals surface area (Å²) in [7, 11) is 0. The van der Waals surface area contributed by atoms with Gasteiger partial charge in [0.2, 0.25) is 0 Å². The van der Waals surface area contributed by atoms with Crippen LogP contribution in [0.1, 0.15) is 40.6 Å². The lowest BCUT2D eigenvalue weighted by atomic mass is 10.2. The van der Waals surface area contributed by atoms with E-state index in [1.807, 2.05) is 18.2 Å². The van der Waals surface area contributed by atoms with Crippen molar-refractivity contribution in [3.8, 4) is 5.75 Å². The molecule has 1 aromatic carbocycles. The molecule has 0 spiro atoms. The fourth-order valence-corrected chi connectivity index (χ4v) is 2.95. The summed E-state index contributed by atoms with van der Waals surface area (Å²) in [6, 6.07) is 7.31. The van der Waals surface area contributed by atoms with Gasteiger partial charge in [0.05, 0.1) is 15.6 Å². The maximum atomic E-state index is 11.6. The molecule has 0 aliphatic heterocycles. The first-order valence-electron chi connectivity index (χ1n) is 6.48. The van der Waals surface area contributed by atoms with Crippen LogP contribution in [0.25, 0.3) is 0 Å². The van der Waals surface area contributed by atoms with E-state index in [0.717, 1.165) is 28.4 Å². The standard InChI is InChI=1S/C15H16ClNO2S/c1-3-6-12-15(10(2)18)20-14(17-12)9-19-13-8-5-4-7-11(13)16/h4-5,7-8H,3,6,9H2,1-2H3. The van der Waals surface area contributed by atoms with Crippen molar-refractivity contribution in [2.75, 3.05) is 0 Å². The Hall–Kier alpha value is -1.39. The molecule has 1 aromatic heterocycles. The number of para-hydroxylation sites is 1. The second-order valence-corrected chi connectivity index (χ2v) is 5.90. The first-order valence-corrected chi connectivity index (χ1v) is 7.68. The Balaban J connectivity index is 2.12. The summed E-state index contributed by atoms with van der Waals surface area (Å²) in [6.07, 6.45) is 1.78. The minimum Gasteiger partial charge on any atom is -0.485 e. The second-order valence-electron chi connectivity index (χ2n) is 4.41. The van der Waals surface area contributed by atoms with E-state index < -0.39 is 0 Å². The summed E-state index contributed by atoms with van der Waals surface area (Å²) < 4.78 is 5.65. The van der Waals surface area contributed by atoms with Gasteiger partial charge in [0.15, 0.2) is 5.78 Å². The van der Waals surface area contributed by atoms with E-state index in [9.17, 15) is 4.79 Å². The highest BCUT2D eigenvalue weighted by Crippen LogP contribution is 2.26. The van der Waals surface area contributed by atoms with Crippen molar-refractivity contribution in [2.45, 2.75) is 33.3 Å². The Bertz CT molecular complexity index is 610. The number of nitrogens with zero attached hydrogens (tertiary/aromatic N) is 1. The molecule has 2 aromatic rings. The van der Waals surface area contributed by atoms with Crippen molar-refractivity contribution in [2.24, 2.45) is 0 Å². The summed E-state index contributed by atoms with van der Waals surface area (Å²) in [5, 5.41) is 1.38. The molecule has 0 N–H and O–H groups in total. The predicted octanol–water partition coefficient (Wildman–Crippen LogP) is 4.53. The number of Topliss-reactive ketones (excluding diaryl/α,β-unsaturated/α-hetero) is 1. The number of halogens is 1. The molecule has 1 heterocycles. The Morgan fingerprint density at radius 3 is 2.80 bits per heavy atom. The summed E-state index contributed by atoms with van der Waals surface area (Å²) in [5.74, 6) is 0.695. The molecule has 0 atom stereocenters. The van der Waals surface area contributed by atoms with E-state index in [4.69, 9.17) is 16.3 Å². The number of aromatic nitrogens is 1. The van der Waals surface area contributed by atoms with Crippen molar-refractivity contribution in [3.05, 3.63) is 44.9 Å². The molecule has 0 unspecified atom stereocenters. The lowest BCUT2D eigenvalue weighted by Gasteiger charge is -2.05. The van der Waals surface area contributed by atoms with Crippen LogP contribution in [-0.2, 0) is 13.0 Å². The van der Waals surface area contributed by atoms with Gasteiger partial charge in [-0.25, -0.2) is 4.98 Å². The first-order chi connectivity index (χ1) is 9.61. The van der Waals surface area contributed by atoms with Crippen LogP contribution < -0.4 is 4.74 Å². The van der Waals surface area contributed by atoms with Crippen molar-refractivity contribution < 1.29 is 9.53 Å². The van der Waals surface area contributed by atoms with Gasteiger partial charge < -0.3 is 4.74 Å². The number of aryl methyl sites for hydroxylation is 1. The molecule has 2 rings (SSSR count). The van der Waals surface area contributed by atoms with Gasteiger partial charge in [-0.15, -0.1) is 11.3 Å². The Morgan fingerprint density at radius 2 is 2.15 bits per heavy atom. The quantitative estimate of drug-likeness (QED) is 0.736. The number of carbonyl (C=O) groups excluding carboxylic acids is 1. The number of ketones is 1. The maximum absolute atomic E-state index is 11.6. The van der Waals surface area contributed by atoms with E-state index in [2.05, 4.69) is 11.9 Å². The molecular weight excluding hydrogens is 294 g/mol. The van der Waals surface area contributed by atoms with Crippen LogP contribution in [0, 0.1) is 0 Å². The average molecular weight is 310 g/mol. The van der Waals surface area contributed by atoms with Gasteiger partial charge in [0.25, 0.3) is 0 Å². The molecule has 0 aliphatic carbocycles. The fourth-order valence-electron chi connectivity index (χ4n) is 1.85. The molecule has 0 aliphatic rings. The molecule has 5 heteroatoms. The molecule has 20 heavy (non-hydrogen) atoms. The van der Waals surface area contributed by atoms with E-state index in [1.165, 1.54) is 11.3 Å². The zero-order valence-electron chi connectivity index (χ0n) is 11.5. The van der Waals surface area contributed by atoms with Crippen LogP contribution in [0.5, 0.6) is 5.75 Å². The summed E-state index contributed by atoms with van der Waals surface area (Å²) in [4.78, 5) is 16.8. The van der Waals surface area contributed by atoms with Gasteiger partial charge >= 0.3 is 0 Å². The van der Waals surface area contributed by atoms with Crippen LogP contribution in [0.4, 0.5) is 0 Å². The monoisotopic (exact) mass is 309 g/mol. The topological polar surface area (TPSA) is 39.2 Å². The normalized spacial score (nSPS) is 10.6. The van der Waals surface area contributed by atoms with Gasteiger partial charge in [-0.2, -0.15) is 0 Å². The van der Waals surface area contributed by atoms with Crippen LogP contribution in [0.3, 0.4) is 0 Å². The van der Waals surface area contributed by atoms with Gasteiger partial charge in [0, 0.05) is 6.92 Å². The van der Waals surface area contributed by atoms with Gasteiger partial charge in [-0.1, -0.05) is 37.1 Å². The fraction of sp³-hybridized carbons (Fsp3) is 0.333. The first kappa shape index (κ1) is 15.0. The second kappa shape index (κ2) is 6.86. The highest BCUT2D eigenvalue weighted by molar-refractivity contribution is 7.13. The number of hydrogen-bond acceptors (Lipinski definition) is 4. The summed E-state index contributed by atoms with van der Waals surface area (Å²) in [6.45, 7) is 3.98. The van der Waals surface area contributed by atoms with Gasteiger partial charge in [0.1, 0.15) is 17.4 Å². The minimum atomic E-state index is 0.0648. The third-order valence-electron chi connectivity index (χ3n) is 2.74. The predicted molar refractivity (Wildman–Crippen MR) is 81.9 cm³/mol. The maximum Gasteiger partial charge on any atom is 0.171 e. The molecule has 0 saturated heterocycles. The van der Waals surface area contributed by atoms with Crippen molar-refractivity contribution in [1.29, 1.82) is 0 Å². The third kappa shape index (κ3) is 3.58. The number of rotatable bonds is 6. The lowest BCUT2D eigenvalue weighted by molar-refractivity contribution is 0.102. The zero-order chi connectivity index (χ0) is 14.5.